The molecule has 1 aromatic rings. The number of imidazole rings is 1. The van der Waals surface area contributed by atoms with Gasteiger partial charge < -0.3 is 10.7 Å². The van der Waals surface area contributed by atoms with E-state index in [0.717, 1.165) is 5.82 Å². The van der Waals surface area contributed by atoms with Gasteiger partial charge in [-0.2, -0.15) is 0 Å². The van der Waals surface area contributed by atoms with Crippen LogP contribution < -0.4 is 5.73 Å². The second kappa shape index (κ2) is 3.46. The third-order valence-electron chi connectivity index (χ3n) is 0.748. The maximum Gasteiger partial charge on any atom is 0.119 e. The van der Waals surface area contributed by atoms with Crippen molar-refractivity contribution in [2.24, 2.45) is 5.73 Å². The summed E-state index contributed by atoms with van der Waals surface area (Å²) in [4.78, 5) is 6.70. The third-order valence-corrected chi connectivity index (χ3v) is 0.748. The highest BCUT2D eigenvalue weighted by Gasteiger charge is 1.82. The van der Waals surface area contributed by atoms with Crippen LogP contribution in [-0.4, -0.2) is 9.97 Å². The van der Waals surface area contributed by atoms with Gasteiger partial charge in [-0.3, -0.25) is 0 Å². The van der Waals surface area contributed by atoms with Crippen LogP contribution in [0.1, 0.15) is 5.82 Å². The Bertz CT molecular complexity index is 126. The number of nitrogens with two attached hydrogens (primary N) is 1. The summed E-state index contributed by atoms with van der Waals surface area (Å²) < 4.78 is 0. The van der Waals surface area contributed by atoms with E-state index < -0.39 is 0 Å². The average Bonchev–Trinajstić information content (AvgIpc) is 2.14. The summed E-state index contributed by atoms with van der Waals surface area (Å²) in [7, 11) is 0. The molecule has 0 unspecified atom stereocenters. The fourth-order valence-corrected chi connectivity index (χ4v) is 0.410. The highest BCUT2D eigenvalue weighted by atomic mass is 35.5. The van der Waals surface area contributed by atoms with Crippen LogP contribution in [0, 0.1) is 0 Å². The zero-order valence-corrected chi connectivity index (χ0v) is 5.11. The first kappa shape index (κ1) is 7.46. The maximum absolute atomic E-state index is 5.20. The number of rotatable bonds is 1. The second-order valence-corrected chi connectivity index (χ2v) is 1.24. The SMILES string of the molecule is Cl.NCc1ncc[nH]1. The molecule has 0 aromatic carbocycles. The molecule has 1 rings (SSSR count). The molecule has 0 amide bonds. The first-order chi connectivity index (χ1) is 3.43. The molecule has 3 nitrogen and oxygen atoms in total. The summed E-state index contributed by atoms with van der Waals surface area (Å²) in [5.74, 6) is 0.833. The van der Waals surface area contributed by atoms with Crippen LogP contribution in [0.4, 0.5) is 0 Å². The van der Waals surface area contributed by atoms with Gasteiger partial charge in [0.05, 0.1) is 6.54 Å². The quantitative estimate of drug-likeness (QED) is 0.579. The van der Waals surface area contributed by atoms with Crippen LogP contribution in [0.2, 0.25) is 0 Å². The zero-order chi connectivity index (χ0) is 5.11. The van der Waals surface area contributed by atoms with Gasteiger partial charge in [0, 0.05) is 12.4 Å². The van der Waals surface area contributed by atoms with Crippen molar-refractivity contribution < 1.29 is 0 Å². The Morgan fingerprint density at radius 3 is 2.75 bits per heavy atom. The lowest BCUT2D eigenvalue weighted by Crippen LogP contribution is -1.97. The summed E-state index contributed by atoms with van der Waals surface area (Å²) in [6, 6.07) is 0. The Morgan fingerprint density at radius 2 is 2.50 bits per heavy atom. The van der Waals surface area contributed by atoms with Crippen molar-refractivity contribution in [3.8, 4) is 0 Å². The minimum Gasteiger partial charge on any atom is -0.348 e. The number of nitrogens with one attached hydrogen (secondary N) is 1. The summed E-state index contributed by atoms with van der Waals surface area (Å²) in [5.41, 5.74) is 5.20. The smallest absolute Gasteiger partial charge is 0.119 e. The Kier molecular flexibility index (Phi) is 3.23. The van der Waals surface area contributed by atoms with Crippen molar-refractivity contribution in [1.29, 1.82) is 0 Å². The van der Waals surface area contributed by atoms with Crippen molar-refractivity contribution in [2.75, 3.05) is 0 Å². The molecule has 1 aromatic heterocycles. The van der Waals surface area contributed by atoms with E-state index >= 15 is 0 Å². The molecular weight excluding hydrogens is 126 g/mol. The van der Waals surface area contributed by atoms with Gasteiger partial charge in [-0.1, -0.05) is 0 Å². The summed E-state index contributed by atoms with van der Waals surface area (Å²) in [5, 5.41) is 0. The van der Waals surface area contributed by atoms with Gasteiger partial charge in [-0.05, 0) is 0 Å². The number of halogens is 1. The Morgan fingerprint density at radius 1 is 1.75 bits per heavy atom. The van der Waals surface area contributed by atoms with E-state index in [9.17, 15) is 0 Å². The number of hydrogen-bond donors (Lipinski definition) is 2. The number of aromatic amines is 1. The van der Waals surface area contributed by atoms with Crippen LogP contribution in [-0.2, 0) is 6.54 Å². The second-order valence-electron chi connectivity index (χ2n) is 1.24. The van der Waals surface area contributed by atoms with Crippen LogP contribution in [0.15, 0.2) is 12.4 Å². The Hall–Kier alpha value is -0.540. The molecule has 4 heteroatoms. The molecule has 0 aliphatic rings. The van der Waals surface area contributed by atoms with E-state index in [-0.39, 0.29) is 12.4 Å². The monoisotopic (exact) mass is 133 g/mol. The molecule has 46 valence electrons. The standard InChI is InChI=1S/C4H7N3.ClH/c5-3-4-6-1-2-7-4;/h1-2H,3,5H2,(H,6,7);1H. The molecule has 0 spiro atoms. The van der Waals surface area contributed by atoms with Gasteiger partial charge in [0.25, 0.3) is 0 Å². The summed E-state index contributed by atoms with van der Waals surface area (Å²) in [6.45, 7) is 0.493. The van der Waals surface area contributed by atoms with Crippen LogP contribution in [0.3, 0.4) is 0 Å². The van der Waals surface area contributed by atoms with Gasteiger partial charge in [0.1, 0.15) is 5.82 Å². The molecule has 0 saturated heterocycles. The van der Waals surface area contributed by atoms with E-state index in [4.69, 9.17) is 5.73 Å². The Balaban J connectivity index is 0.000000490. The molecule has 0 saturated carbocycles. The normalized spacial score (nSPS) is 8.12. The maximum atomic E-state index is 5.20. The van der Waals surface area contributed by atoms with E-state index in [1.807, 2.05) is 0 Å². The minimum absolute atomic E-state index is 0. The molecule has 8 heavy (non-hydrogen) atoms. The topological polar surface area (TPSA) is 54.7 Å². The average molecular weight is 134 g/mol. The summed E-state index contributed by atoms with van der Waals surface area (Å²) >= 11 is 0. The predicted molar refractivity (Wildman–Crippen MR) is 33.7 cm³/mol. The third kappa shape index (κ3) is 1.52. The van der Waals surface area contributed by atoms with Gasteiger partial charge >= 0.3 is 0 Å². The number of aromatic nitrogens is 2. The number of H-pyrrole nitrogens is 1. The largest absolute Gasteiger partial charge is 0.348 e. The van der Waals surface area contributed by atoms with Crippen molar-refractivity contribution in [1.82, 2.24) is 9.97 Å². The first-order valence-electron chi connectivity index (χ1n) is 2.12. The van der Waals surface area contributed by atoms with E-state index in [1.54, 1.807) is 12.4 Å². The zero-order valence-electron chi connectivity index (χ0n) is 4.29. The van der Waals surface area contributed by atoms with Crippen LogP contribution >= 0.6 is 12.4 Å². The predicted octanol–water partition coefficient (Wildman–Crippen LogP) is 0.290. The lowest BCUT2D eigenvalue weighted by Gasteiger charge is -1.80. The van der Waals surface area contributed by atoms with Crippen molar-refractivity contribution in [2.45, 2.75) is 6.54 Å². The fourth-order valence-electron chi connectivity index (χ4n) is 0.410. The molecule has 0 radical (unpaired) electrons. The first-order valence-corrected chi connectivity index (χ1v) is 2.12. The minimum atomic E-state index is 0. The molecular formula is C4H8ClN3. The highest BCUT2D eigenvalue weighted by Crippen LogP contribution is 1.81. The highest BCUT2D eigenvalue weighted by molar-refractivity contribution is 5.85. The van der Waals surface area contributed by atoms with E-state index in [0.29, 0.717) is 6.54 Å². The lowest BCUT2D eigenvalue weighted by atomic mass is 10.6. The van der Waals surface area contributed by atoms with E-state index in [2.05, 4.69) is 9.97 Å². The summed E-state index contributed by atoms with van der Waals surface area (Å²) in [6.07, 6.45) is 3.43. The molecule has 0 bridgehead atoms. The molecule has 0 aliphatic carbocycles. The molecule has 0 fully saturated rings. The van der Waals surface area contributed by atoms with Crippen molar-refractivity contribution >= 4 is 12.4 Å². The fraction of sp³-hybridized carbons (Fsp3) is 0.250. The van der Waals surface area contributed by atoms with Gasteiger partial charge in [0.15, 0.2) is 0 Å². The molecule has 0 atom stereocenters. The lowest BCUT2D eigenvalue weighted by molar-refractivity contribution is 0.950. The van der Waals surface area contributed by atoms with Gasteiger partial charge in [0.2, 0.25) is 0 Å². The van der Waals surface area contributed by atoms with E-state index in [1.165, 1.54) is 0 Å². The Labute approximate surface area is 53.7 Å². The molecule has 3 N–H and O–H groups in total. The van der Waals surface area contributed by atoms with Crippen LogP contribution in [0.5, 0.6) is 0 Å². The number of hydrogen-bond acceptors (Lipinski definition) is 2. The van der Waals surface area contributed by atoms with Crippen molar-refractivity contribution in [3.05, 3.63) is 18.2 Å². The van der Waals surface area contributed by atoms with Crippen LogP contribution in [0.25, 0.3) is 0 Å². The molecule has 1 heterocycles. The number of nitrogens with zero attached hydrogens (tertiary/aromatic N) is 1. The van der Waals surface area contributed by atoms with Gasteiger partial charge in [-0.15, -0.1) is 12.4 Å². The molecule has 0 aliphatic heterocycles. The van der Waals surface area contributed by atoms with Crippen molar-refractivity contribution in [3.63, 3.8) is 0 Å². The van der Waals surface area contributed by atoms with Gasteiger partial charge in [-0.25, -0.2) is 4.98 Å².